The SMILES string of the molecule is O=C(CC(O)(CCc1cccc(OCc2ccccc2)c1)C1CCCC1)n1ccnc1. The van der Waals surface area contributed by atoms with Crippen LogP contribution in [-0.4, -0.2) is 26.2 Å². The van der Waals surface area contributed by atoms with Crippen molar-refractivity contribution in [2.24, 2.45) is 5.92 Å². The predicted octanol–water partition coefficient (Wildman–Crippen LogP) is 5.05. The van der Waals surface area contributed by atoms with Gasteiger partial charge < -0.3 is 9.84 Å². The number of nitrogens with zero attached hydrogens (tertiary/aromatic N) is 2. The summed E-state index contributed by atoms with van der Waals surface area (Å²) in [5, 5.41) is 11.6. The van der Waals surface area contributed by atoms with Crippen LogP contribution in [0.25, 0.3) is 0 Å². The third-order valence-corrected chi connectivity index (χ3v) is 6.36. The number of carbonyl (C=O) groups excluding carboxylic acids is 1. The zero-order valence-corrected chi connectivity index (χ0v) is 17.8. The lowest BCUT2D eigenvalue weighted by Crippen LogP contribution is -2.40. The molecule has 162 valence electrons. The predicted molar refractivity (Wildman–Crippen MR) is 120 cm³/mol. The van der Waals surface area contributed by atoms with E-state index in [1.165, 1.54) is 10.9 Å². The van der Waals surface area contributed by atoms with Crippen LogP contribution in [0.5, 0.6) is 5.75 Å². The minimum absolute atomic E-state index is 0.105. The Morgan fingerprint density at radius 2 is 1.87 bits per heavy atom. The van der Waals surface area contributed by atoms with Gasteiger partial charge in [0.15, 0.2) is 0 Å². The fraction of sp³-hybridized carbons (Fsp3) is 0.385. The molecule has 0 spiro atoms. The molecule has 3 aromatic rings. The summed E-state index contributed by atoms with van der Waals surface area (Å²) in [4.78, 5) is 16.7. The monoisotopic (exact) mass is 418 g/mol. The van der Waals surface area contributed by atoms with E-state index in [1.54, 1.807) is 12.4 Å². The molecule has 2 aromatic carbocycles. The molecule has 0 aliphatic heterocycles. The van der Waals surface area contributed by atoms with Crippen LogP contribution in [0.2, 0.25) is 0 Å². The van der Waals surface area contributed by atoms with Gasteiger partial charge in [-0.15, -0.1) is 0 Å². The van der Waals surface area contributed by atoms with Crippen LogP contribution >= 0.6 is 0 Å². The van der Waals surface area contributed by atoms with Gasteiger partial charge in [-0.05, 0) is 54.9 Å². The van der Waals surface area contributed by atoms with Crippen LogP contribution < -0.4 is 4.74 Å². The molecule has 0 saturated heterocycles. The van der Waals surface area contributed by atoms with E-state index in [0.717, 1.165) is 42.6 Å². The zero-order valence-electron chi connectivity index (χ0n) is 17.8. The van der Waals surface area contributed by atoms with E-state index < -0.39 is 5.60 Å². The van der Waals surface area contributed by atoms with Gasteiger partial charge >= 0.3 is 0 Å². The van der Waals surface area contributed by atoms with Gasteiger partial charge in [-0.2, -0.15) is 0 Å². The van der Waals surface area contributed by atoms with E-state index in [-0.39, 0.29) is 18.2 Å². The first kappa shape index (κ1) is 21.3. The third kappa shape index (κ3) is 5.61. The Kier molecular flexibility index (Phi) is 6.82. The highest BCUT2D eigenvalue weighted by atomic mass is 16.5. The molecule has 0 amide bonds. The number of benzene rings is 2. The first-order valence-electron chi connectivity index (χ1n) is 11.1. The summed E-state index contributed by atoms with van der Waals surface area (Å²) in [6.07, 6.45) is 10.3. The Balaban J connectivity index is 1.41. The molecule has 0 bridgehead atoms. The smallest absolute Gasteiger partial charge is 0.234 e. The molecular weight excluding hydrogens is 388 g/mol. The van der Waals surface area contributed by atoms with Crippen molar-refractivity contribution in [3.63, 3.8) is 0 Å². The van der Waals surface area contributed by atoms with Crippen LogP contribution in [0.1, 0.15) is 54.4 Å². The Hall–Kier alpha value is -2.92. The van der Waals surface area contributed by atoms with Crippen LogP contribution in [0, 0.1) is 5.92 Å². The number of imidazole rings is 1. The van der Waals surface area contributed by atoms with Crippen molar-refractivity contribution in [1.82, 2.24) is 9.55 Å². The summed E-state index contributed by atoms with van der Waals surface area (Å²) in [5.41, 5.74) is 1.23. The van der Waals surface area contributed by atoms with Gasteiger partial charge in [0.2, 0.25) is 5.91 Å². The zero-order chi connectivity index (χ0) is 21.5. The molecule has 1 unspecified atom stereocenters. The minimum Gasteiger partial charge on any atom is -0.489 e. The van der Waals surface area contributed by atoms with E-state index in [1.807, 2.05) is 48.5 Å². The van der Waals surface area contributed by atoms with Crippen molar-refractivity contribution < 1.29 is 14.6 Å². The number of rotatable bonds is 9. The van der Waals surface area contributed by atoms with E-state index in [9.17, 15) is 9.90 Å². The van der Waals surface area contributed by atoms with Gasteiger partial charge in [0.1, 0.15) is 18.7 Å². The Bertz CT molecular complexity index is 965. The van der Waals surface area contributed by atoms with Crippen molar-refractivity contribution in [3.8, 4) is 5.75 Å². The molecule has 5 nitrogen and oxygen atoms in total. The number of aliphatic hydroxyl groups is 1. The summed E-state index contributed by atoms with van der Waals surface area (Å²) in [6, 6.07) is 18.1. The third-order valence-electron chi connectivity index (χ3n) is 6.36. The first-order valence-corrected chi connectivity index (χ1v) is 11.1. The second-order valence-corrected chi connectivity index (χ2v) is 8.55. The van der Waals surface area contributed by atoms with E-state index in [4.69, 9.17) is 4.74 Å². The lowest BCUT2D eigenvalue weighted by atomic mass is 9.78. The molecule has 4 rings (SSSR count). The molecule has 1 aliphatic rings. The summed E-state index contributed by atoms with van der Waals surface area (Å²) < 4.78 is 7.42. The van der Waals surface area contributed by atoms with Gasteiger partial charge in [-0.25, -0.2) is 4.98 Å². The van der Waals surface area contributed by atoms with Crippen LogP contribution in [-0.2, 0) is 13.0 Å². The molecule has 1 N–H and O–H groups in total. The van der Waals surface area contributed by atoms with Crippen LogP contribution in [0.4, 0.5) is 0 Å². The lowest BCUT2D eigenvalue weighted by molar-refractivity contribution is -0.0274. The summed E-state index contributed by atoms with van der Waals surface area (Å²) >= 11 is 0. The molecule has 1 saturated carbocycles. The molecule has 1 fully saturated rings. The largest absolute Gasteiger partial charge is 0.489 e. The highest BCUT2D eigenvalue weighted by Gasteiger charge is 2.40. The normalized spacial score (nSPS) is 16.2. The van der Waals surface area contributed by atoms with Crippen molar-refractivity contribution >= 4 is 5.91 Å². The Morgan fingerprint density at radius 3 is 2.61 bits per heavy atom. The molecule has 5 heteroatoms. The molecule has 1 aliphatic carbocycles. The molecule has 1 atom stereocenters. The second kappa shape index (κ2) is 9.92. The summed E-state index contributed by atoms with van der Waals surface area (Å²) in [6.45, 7) is 0.524. The number of carbonyl (C=O) groups is 1. The summed E-state index contributed by atoms with van der Waals surface area (Å²) in [5.74, 6) is 0.879. The van der Waals surface area contributed by atoms with E-state index in [2.05, 4.69) is 11.1 Å². The van der Waals surface area contributed by atoms with E-state index in [0.29, 0.717) is 19.4 Å². The fourth-order valence-corrected chi connectivity index (χ4v) is 4.55. The number of aryl methyl sites for hydroxylation is 1. The van der Waals surface area contributed by atoms with Gasteiger partial charge in [-0.1, -0.05) is 55.3 Å². The minimum atomic E-state index is -1.00. The number of hydrogen-bond donors (Lipinski definition) is 1. The fourth-order valence-electron chi connectivity index (χ4n) is 4.55. The quantitative estimate of drug-likeness (QED) is 0.528. The van der Waals surface area contributed by atoms with Crippen molar-refractivity contribution in [2.45, 2.75) is 57.2 Å². The maximum Gasteiger partial charge on any atom is 0.234 e. The van der Waals surface area contributed by atoms with Crippen molar-refractivity contribution in [1.29, 1.82) is 0 Å². The van der Waals surface area contributed by atoms with Crippen molar-refractivity contribution in [3.05, 3.63) is 84.4 Å². The maximum atomic E-state index is 12.7. The standard InChI is InChI=1S/C26H30N2O3/c29-25(28-16-15-27-20-28)18-26(30,23-10-4-5-11-23)14-13-21-9-6-12-24(17-21)31-19-22-7-2-1-3-8-22/h1-3,6-9,12,15-17,20,23,30H,4-5,10-11,13-14,18-19H2. The Morgan fingerprint density at radius 1 is 1.10 bits per heavy atom. The average Bonchev–Trinajstić information content (AvgIpc) is 3.52. The number of ether oxygens (including phenoxy) is 1. The number of hydrogen-bond acceptors (Lipinski definition) is 4. The van der Waals surface area contributed by atoms with Crippen LogP contribution in [0.3, 0.4) is 0 Å². The van der Waals surface area contributed by atoms with Gasteiger partial charge in [0, 0.05) is 12.4 Å². The second-order valence-electron chi connectivity index (χ2n) is 8.55. The van der Waals surface area contributed by atoms with Gasteiger partial charge in [-0.3, -0.25) is 9.36 Å². The molecule has 0 radical (unpaired) electrons. The average molecular weight is 419 g/mol. The van der Waals surface area contributed by atoms with Crippen molar-refractivity contribution in [2.75, 3.05) is 0 Å². The Labute approximate surface area is 183 Å². The maximum absolute atomic E-state index is 12.7. The summed E-state index contributed by atoms with van der Waals surface area (Å²) in [7, 11) is 0. The van der Waals surface area contributed by atoms with Crippen LogP contribution in [0.15, 0.2) is 73.3 Å². The molecule has 1 heterocycles. The van der Waals surface area contributed by atoms with Gasteiger partial charge in [0.05, 0.1) is 12.0 Å². The molecule has 31 heavy (non-hydrogen) atoms. The van der Waals surface area contributed by atoms with E-state index >= 15 is 0 Å². The topological polar surface area (TPSA) is 64.3 Å². The number of aromatic nitrogens is 2. The molecule has 1 aromatic heterocycles. The first-order chi connectivity index (χ1) is 15.1. The highest BCUT2D eigenvalue weighted by molar-refractivity contribution is 5.79. The van der Waals surface area contributed by atoms with Gasteiger partial charge in [0.25, 0.3) is 0 Å². The lowest BCUT2D eigenvalue weighted by Gasteiger charge is -2.34. The molecular formula is C26H30N2O3. The highest BCUT2D eigenvalue weighted by Crippen LogP contribution is 2.39.